The molecule has 0 radical (unpaired) electrons. The standard InChI is InChI=1S/C21H18N4O/c1-15-10-11-23-25(15)14-21(26)24-22-13-20-18-8-4-2-6-16(18)12-17-7-3-5-9-19(17)20/h2-13H,14H2,1H3,(H,24,26). The fraction of sp³-hybridized carbons (Fsp3) is 0.0952. The Morgan fingerprint density at radius 2 is 1.73 bits per heavy atom. The molecular weight excluding hydrogens is 324 g/mol. The molecular formula is C21H18N4O. The van der Waals surface area contributed by atoms with Gasteiger partial charge in [-0.15, -0.1) is 0 Å². The lowest BCUT2D eigenvalue weighted by Crippen LogP contribution is -2.24. The highest BCUT2D eigenvalue weighted by Crippen LogP contribution is 2.27. The number of amides is 1. The lowest BCUT2D eigenvalue weighted by atomic mass is 9.97. The van der Waals surface area contributed by atoms with Gasteiger partial charge in [0.15, 0.2) is 0 Å². The first-order valence-corrected chi connectivity index (χ1v) is 8.43. The number of carbonyl (C=O) groups is 1. The molecule has 5 nitrogen and oxygen atoms in total. The normalized spacial score (nSPS) is 11.4. The van der Waals surface area contributed by atoms with Gasteiger partial charge in [0.1, 0.15) is 6.54 Å². The second-order valence-corrected chi connectivity index (χ2v) is 6.16. The van der Waals surface area contributed by atoms with E-state index in [4.69, 9.17) is 0 Å². The first-order valence-electron chi connectivity index (χ1n) is 8.43. The summed E-state index contributed by atoms with van der Waals surface area (Å²) in [4.78, 5) is 12.1. The molecule has 0 atom stereocenters. The molecule has 0 bridgehead atoms. The first-order chi connectivity index (χ1) is 12.7. The van der Waals surface area contributed by atoms with Crippen LogP contribution in [0.3, 0.4) is 0 Å². The fourth-order valence-corrected chi connectivity index (χ4v) is 3.09. The van der Waals surface area contributed by atoms with Crippen LogP contribution in [0.1, 0.15) is 11.3 Å². The molecule has 4 aromatic rings. The Morgan fingerprint density at radius 1 is 1.08 bits per heavy atom. The van der Waals surface area contributed by atoms with Crippen LogP contribution in [0.2, 0.25) is 0 Å². The average molecular weight is 342 g/mol. The Morgan fingerprint density at radius 3 is 2.35 bits per heavy atom. The molecule has 0 saturated carbocycles. The molecule has 128 valence electrons. The van der Waals surface area contributed by atoms with Crippen molar-refractivity contribution in [3.63, 3.8) is 0 Å². The van der Waals surface area contributed by atoms with Gasteiger partial charge in [-0.3, -0.25) is 9.48 Å². The van der Waals surface area contributed by atoms with Crippen LogP contribution in [-0.2, 0) is 11.3 Å². The van der Waals surface area contributed by atoms with Gasteiger partial charge in [-0.05, 0) is 40.6 Å². The Hall–Kier alpha value is -3.47. The van der Waals surface area contributed by atoms with Crippen LogP contribution >= 0.6 is 0 Å². The average Bonchev–Trinajstić information content (AvgIpc) is 3.05. The molecule has 0 fully saturated rings. The van der Waals surface area contributed by atoms with Crippen LogP contribution in [-0.4, -0.2) is 21.9 Å². The van der Waals surface area contributed by atoms with Crippen molar-refractivity contribution in [1.29, 1.82) is 0 Å². The third-order valence-electron chi connectivity index (χ3n) is 4.42. The summed E-state index contributed by atoms with van der Waals surface area (Å²) in [6, 6.07) is 20.4. The van der Waals surface area contributed by atoms with E-state index in [9.17, 15) is 4.79 Å². The van der Waals surface area contributed by atoms with Crippen molar-refractivity contribution in [2.75, 3.05) is 0 Å². The Bertz CT molecular complexity index is 1070. The lowest BCUT2D eigenvalue weighted by Gasteiger charge is -2.08. The van der Waals surface area contributed by atoms with E-state index in [2.05, 4.69) is 46.0 Å². The van der Waals surface area contributed by atoms with E-state index in [1.165, 1.54) is 0 Å². The first kappa shape index (κ1) is 16.0. The number of aromatic nitrogens is 2. The molecule has 1 amide bonds. The summed E-state index contributed by atoms with van der Waals surface area (Å²) < 4.78 is 1.64. The predicted octanol–water partition coefficient (Wildman–Crippen LogP) is 3.65. The topological polar surface area (TPSA) is 59.3 Å². The van der Waals surface area contributed by atoms with Crippen LogP contribution in [0.4, 0.5) is 0 Å². The summed E-state index contributed by atoms with van der Waals surface area (Å²) in [5.41, 5.74) is 4.52. The Kier molecular flexibility index (Phi) is 4.19. The largest absolute Gasteiger partial charge is 0.271 e. The summed E-state index contributed by atoms with van der Waals surface area (Å²) in [7, 11) is 0. The molecule has 0 spiro atoms. The lowest BCUT2D eigenvalue weighted by molar-refractivity contribution is -0.121. The zero-order valence-corrected chi connectivity index (χ0v) is 14.4. The molecule has 0 aliphatic rings. The molecule has 0 unspecified atom stereocenters. The minimum absolute atomic E-state index is 0.145. The molecule has 0 saturated heterocycles. The van der Waals surface area contributed by atoms with E-state index >= 15 is 0 Å². The van der Waals surface area contributed by atoms with E-state index in [0.717, 1.165) is 32.8 Å². The summed E-state index contributed by atoms with van der Waals surface area (Å²) in [6.07, 6.45) is 3.40. The van der Waals surface area contributed by atoms with Gasteiger partial charge >= 0.3 is 0 Å². The summed E-state index contributed by atoms with van der Waals surface area (Å²) in [5, 5.41) is 12.8. The molecule has 4 rings (SSSR count). The van der Waals surface area contributed by atoms with Crippen LogP contribution in [0.25, 0.3) is 21.5 Å². The van der Waals surface area contributed by atoms with Gasteiger partial charge < -0.3 is 0 Å². The highest BCUT2D eigenvalue weighted by molar-refractivity contribution is 6.13. The number of nitrogens with one attached hydrogen (secondary N) is 1. The number of carbonyl (C=O) groups excluding carboxylic acids is 1. The Balaban J connectivity index is 1.64. The smallest absolute Gasteiger partial charge is 0.261 e. The number of hydrogen-bond acceptors (Lipinski definition) is 3. The molecule has 26 heavy (non-hydrogen) atoms. The van der Waals surface area contributed by atoms with E-state index in [1.807, 2.05) is 37.3 Å². The van der Waals surface area contributed by atoms with Crippen LogP contribution in [0.15, 0.2) is 72.0 Å². The summed E-state index contributed by atoms with van der Waals surface area (Å²) in [5.74, 6) is -0.211. The van der Waals surface area contributed by atoms with Crippen molar-refractivity contribution in [1.82, 2.24) is 15.2 Å². The van der Waals surface area contributed by atoms with Crippen LogP contribution < -0.4 is 5.43 Å². The molecule has 3 aromatic carbocycles. The van der Waals surface area contributed by atoms with Gasteiger partial charge in [0.05, 0.1) is 6.21 Å². The molecule has 0 aliphatic heterocycles. The minimum atomic E-state index is -0.211. The number of fused-ring (bicyclic) bond motifs is 2. The maximum atomic E-state index is 12.1. The van der Waals surface area contributed by atoms with Gasteiger partial charge in [-0.2, -0.15) is 10.2 Å². The van der Waals surface area contributed by atoms with Gasteiger partial charge in [-0.25, -0.2) is 5.43 Å². The van der Waals surface area contributed by atoms with Crippen LogP contribution in [0, 0.1) is 6.92 Å². The molecule has 1 N–H and O–H groups in total. The fourth-order valence-electron chi connectivity index (χ4n) is 3.09. The molecule has 1 heterocycles. The number of rotatable bonds is 4. The Labute approximate surface area is 150 Å². The van der Waals surface area contributed by atoms with E-state index in [1.54, 1.807) is 17.1 Å². The SMILES string of the molecule is Cc1ccnn1CC(=O)NN=Cc1c2ccccc2cc2ccccc12. The second-order valence-electron chi connectivity index (χ2n) is 6.16. The maximum Gasteiger partial charge on any atom is 0.261 e. The van der Waals surface area contributed by atoms with Gasteiger partial charge in [0.25, 0.3) is 5.91 Å². The molecule has 0 aliphatic carbocycles. The van der Waals surface area contributed by atoms with E-state index < -0.39 is 0 Å². The number of nitrogens with zero attached hydrogens (tertiary/aromatic N) is 3. The monoisotopic (exact) mass is 342 g/mol. The zero-order chi connectivity index (χ0) is 17.9. The van der Waals surface area contributed by atoms with Crippen molar-refractivity contribution in [3.05, 3.63) is 78.1 Å². The summed E-state index contributed by atoms with van der Waals surface area (Å²) in [6.45, 7) is 2.05. The van der Waals surface area contributed by atoms with Gasteiger partial charge in [0.2, 0.25) is 0 Å². The zero-order valence-electron chi connectivity index (χ0n) is 14.4. The third-order valence-corrected chi connectivity index (χ3v) is 4.42. The van der Waals surface area contributed by atoms with Crippen molar-refractivity contribution in [2.45, 2.75) is 13.5 Å². The summed E-state index contributed by atoms with van der Waals surface area (Å²) >= 11 is 0. The quantitative estimate of drug-likeness (QED) is 0.350. The highest BCUT2D eigenvalue weighted by Gasteiger charge is 2.07. The highest BCUT2D eigenvalue weighted by atomic mass is 16.2. The van der Waals surface area contributed by atoms with Gasteiger partial charge in [0, 0.05) is 17.5 Å². The number of aryl methyl sites for hydroxylation is 1. The van der Waals surface area contributed by atoms with Crippen molar-refractivity contribution < 1.29 is 4.79 Å². The number of hydrogen-bond donors (Lipinski definition) is 1. The van der Waals surface area contributed by atoms with Crippen molar-refractivity contribution in [2.24, 2.45) is 5.10 Å². The van der Waals surface area contributed by atoms with Crippen molar-refractivity contribution in [3.8, 4) is 0 Å². The van der Waals surface area contributed by atoms with Crippen LogP contribution in [0.5, 0.6) is 0 Å². The van der Waals surface area contributed by atoms with Crippen molar-refractivity contribution >= 4 is 33.7 Å². The molecule has 5 heteroatoms. The third kappa shape index (κ3) is 3.07. The molecule has 1 aromatic heterocycles. The number of hydrazone groups is 1. The maximum absolute atomic E-state index is 12.1. The van der Waals surface area contributed by atoms with Gasteiger partial charge in [-0.1, -0.05) is 48.5 Å². The van der Waals surface area contributed by atoms with E-state index in [0.29, 0.717) is 0 Å². The van der Waals surface area contributed by atoms with E-state index in [-0.39, 0.29) is 12.5 Å². The predicted molar refractivity (Wildman–Crippen MR) is 104 cm³/mol. The minimum Gasteiger partial charge on any atom is -0.271 e. The number of benzene rings is 3. The second kappa shape index (κ2) is 6.80.